The number of amides is 1. The van der Waals surface area contributed by atoms with Gasteiger partial charge in [0.1, 0.15) is 24.3 Å². The van der Waals surface area contributed by atoms with Gasteiger partial charge in [-0.25, -0.2) is 0 Å². The van der Waals surface area contributed by atoms with Gasteiger partial charge in [-0.2, -0.15) is 0 Å². The molecule has 1 aliphatic rings. The number of morpholine rings is 1. The Kier molecular flexibility index (Phi) is 3.84. The van der Waals surface area contributed by atoms with E-state index in [1.165, 1.54) is 0 Å². The zero-order valence-electron chi connectivity index (χ0n) is 11.0. The van der Waals surface area contributed by atoms with E-state index in [0.717, 1.165) is 0 Å². The molecule has 0 aliphatic carbocycles. The van der Waals surface area contributed by atoms with Crippen LogP contribution in [0.25, 0.3) is 0 Å². The number of likely N-dealkylation sites (N-methyl/N-ethyl adjacent to an activating group) is 1. The predicted octanol–water partition coefficient (Wildman–Crippen LogP) is -0.201. The van der Waals surface area contributed by atoms with Gasteiger partial charge >= 0.3 is 5.97 Å². The molecule has 104 valence electrons. The second kappa shape index (κ2) is 5.40. The van der Waals surface area contributed by atoms with Crippen molar-refractivity contribution in [3.63, 3.8) is 0 Å². The molecule has 2 rings (SSSR count). The average Bonchev–Trinajstić information content (AvgIpc) is 2.77. The molecule has 1 aromatic rings. The van der Waals surface area contributed by atoms with Gasteiger partial charge in [-0.3, -0.25) is 14.5 Å². The normalized spacial score (nSPS) is 22.0. The van der Waals surface area contributed by atoms with E-state index in [0.29, 0.717) is 31.2 Å². The summed E-state index contributed by atoms with van der Waals surface area (Å²) in [5.74, 6) is -1.35. The SMILES string of the molecule is CCN1CCOC(=O)C1C(C(N)=O)c1cc(C)on1. The van der Waals surface area contributed by atoms with Crippen molar-refractivity contribution in [3.8, 4) is 0 Å². The summed E-state index contributed by atoms with van der Waals surface area (Å²) >= 11 is 0. The molecule has 7 nitrogen and oxygen atoms in total. The van der Waals surface area contributed by atoms with Gasteiger partial charge in [0.05, 0.1) is 5.69 Å². The molecule has 1 saturated heterocycles. The molecule has 1 aliphatic heterocycles. The molecule has 0 aromatic carbocycles. The zero-order valence-corrected chi connectivity index (χ0v) is 11.0. The minimum absolute atomic E-state index is 0.326. The van der Waals surface area contributed by atoms with Crippen molar-refractivity contribution in [2.45, 2.75) is 25.8 Å². The van der Waals surface area contributed by atoms with Gasteiger partial charge in [0, 0.05) is 12.6 Å². The third-order valence-corrected chi connectivity index (χ3v) is 3.25. The van der Waals surface area contributed by atoms with E-state index in [1.54, 1.807) is 13.0 Å². The van der Waals surface area contributed by atoms with E-state index < -0.39 is 23.8 Å². The first kappa shape index (κ1) is 13.5. The number of cyclic esters (lactones) is 1. The van der Waals surface area contributed by atoms with Crippen molar-refractivity contribution in [2.24, 2.45) is 5.73 Å². The number of carbonyl (C=O) groups is 2. The number of esters is 1. The minimum atomic E-state index is -0.856. The van der Waals surface area contributed by atoms with E-state index in [9.17, 15) is 9.59 Å². The molecule has 2 N–H and O–H groups in total. The Labute approximate surface area is 110 Å². The Hall–Kier alpha value is -1.89. The van der Waals surface area contributed by atoms with Crippen molar-refractivity contribution >= 4 is 11.9 Å². The molecule has 19 heavy (non-hydrogen) atoms. The van der Waals surface area contributed by atoms with E-state index in [1.807, 2.05) is 11.8 Å². The van der Waals surface area contributed by atoms with Gasteiger partial charge in [-0.05, 0) is 13.5 Å². The Bertz CT molecular complexity index is 485. The van der Waals surface area contributed by atoms with Crippen LogP contribution in [0.15, 0.2) is 10.6 Å². The van der Waals surface area contributed by atoms with Crippen LogP contribution in [0.3, 0.4) is 0 Å². The van der Waals surface area contributed by atoms with E-state index in [4.69, 9.17) is 15.0 Å². The summed E-state index contributed by atoms with van der Waals surface area (Å²) in [4.78, 5) is 25.5. The number of aromatic nitrogens is 1. The van der Waals surface area contributed by atoms with Gasteiger partial charge in [-0.1, -0.05) is 12.1 Å². The molecule has 0 radical (unpaired) electrons. The van der Waals surface area contributed by atoms with Crippen LogP contribution in [0.1, 0.15) is 24.3 Å². The molecule has 2 unspecified atom stereocenters. The lowest BCUT2D eigenvalue weighted by Gasteiger charge is -2.35. The molecule has 2 atom stereocenters. The maximum absolute atomic E-state index is 12.0. The van der Waals surface area contributed by atoms with Crippen molar-refractivity contribution in [2.75, 3.05) is 19.7 Å². The third-order valence-electron chi connectivity index (χ3n) is 3.25. The van der Waals surface area contributed by atoms with E-state index >= 15 is 0 Å². The molecule has 1 fully saturated rings. The quantitative estimate of drug-likeness (QED) is 0.758. The Morgan fingerprint density at radius 3 is 2.95 bits per heavy atom. The fourth-order valence-electron chi connectivity index (χ4n) is 2.33. The summed E-state index contributed by atoms with van der Waals surface area (Å²) in [6, 6.07) is 0.881. The number of carbonyl (C=O) groups excluding carboxylic acids is 2. The van der Waals surface area contributed by atoms with Crippen LogP contribution in [0.2, 0.25) is 0 Å². The number of nitrogens with zero attached hydrogens (tertiary/aromatic N) is 2. The van der Waals surface area contributed by atoms with Crippen LogP contribution in [-0.4, -0.2) is 47.7 Å². The zero-order chi connectivity index (χ0) is 14.0. The first-order chi connectivity index (χ1) is 9.04. The van der Waals surface area contributed by atoms with Crippen LogP contribution in [0.4, 0.5) is 0 Å². The molecule has 1 amide bonds. The van der Waals surface area contributed by atoms with Crippen LogP contribution in [0.5, 0.6) is 0 Å². The van der Waals surface area contributed by atoms with Crippen molar-refractivity contribution < 1.29 is 18.8 Å². The van der Waals surface area contributed by atoms with Gasteiger partial charge in [0.15, 0.2) is 0 Å². The Morgan fingerprint density at radius 2 is 2.42 bits per heavy atom. The standard InChI is InChI=1S/C12H17N3O4/c1-3-15-4-5-18-12(17)10(15)9(11(13)16)8-6-7(2)19-14-8/h6,9-10H,3-5H2,1-2H3,(H2,13,16). The lowest BCUT2D eigenvalue weighted by atomic mass is 9.93. The third kappa shape index (κ3) is 2.60. The smallest absolute Gasteiger partial charge is 0.324 e. The van der Waals surface area contributed by atoms with E-state index in [-0.39, 0.29) is 0 Å². The van der Waals surface area contributed by atoms with E-state index in [2.05, 4.69) is 5.16 Å². The second-order valence-corrected chi connectivity index (χ2v) is 4.48. The molecule has 0 bridgehead atoms. The summed E-state index contributed by atoms with van der Waals surface area (Å²) < 4.78 is 10.00. The van der Waals surface area contributed by atoms with Crippen LogP contribution < -0.4 is 5.73 Å². The van der Waals surface area contributed by atoms with Crippen molar-refractivity contribution in [3.05, 3.63) is 17.5 Å². The summed E-state index contributed by atoms with van der Waals surface area (Å²) in [5, 5.41) is 3.81. The number of aryl methyl sites for hydroxylation is 1. The molecule has 7 heteroatoms. The Morgan fingerprint density at radius 1 is 1.68 bits per heavy atom. The second-order valence-electron chi connectivity index (χ2n) is 4.48. The summed E-state index contributed by atoms with van der Waals surface area (Å²) in [7, 11) is 0. The number of ether oxygens (including phenoxy) is 1. The number of hydrogen-bond donors (Lipinski definition) is 1. The van der Waals surface area contributed by atoms with Crippen molar-refractivity contribution in [1.82, 2.24) is 10.1 Å². The molecular formula is C12H17N3O4. The number of nitrogens with two attached hydrogens (primary N) is 1. The number of primary amides is 1. The highest BCUT2D eigenvalue weighted by Gasteiger charge is 2.42. The average molecular weight is 267 g/mol. The largest absolute Gasteiger partial charge is 0.463 e. The van der Waals surface area contributed by atoms with Gasteiger partial charge in [-0.15, -0.1) is 0 Å². The maximum Gasteiger partial charge on any atom is 0.324 e. The van der Waals surface area contributed by atoms with Gasteiger partial charge in [0.25, 0.3) is 0 Å². The van der Waals surface area contributed by atoms with Crippen molar-refractivity contribution in [1.29, 1.82) is 0 Å². The maximum atomic E-state index is 12.0. The fraction of sp³-hybridized carbons (Fsp3) is 0.583. The minimum Gasteiger partial charge on any atom is -0.463 e. The fourth-order valence-corrected chi connectivity index (χ4v) is 2.33. The molecule has 1 aromatic heterocycles. The monoisotopic (exact) mass is 267 g/mol. The lowest BCUT2D eigenvalue weighted by molar-refractivity contribution is -0.160. The highest BCUT2D eigenvalue weighted by Crippen LogP contribution is 2.26. The highest BCUT2D eigenvalue weighted by atomic mass is 16.5. The Balaban J connectivity index is 2.36. The predicted molar refractivity (Wildman–Crippen MR) is 65.2 cm³/mol. The van der Waals surface area contributed by atoms with Gasteiger partial charge in [0.2, 0.25) is 5.91 Å². The van der Waals surface area contributed by atoms with Gasteiger partial charge < -0.3 is 15.0 Å². The number of rotatable bonds is 4. The first-order valence-corrected chi connectivity index (χ1v) is 6.17. The highest BCUT2D eigenvalue weighted by molar-refractivity contribution is 5.90. The molecule has 2 heterocycles. The van der Waals surface area contributed by atoms with Crippen LogP contribution in [-0.2, 0) is 14.3 Å². The van der Waals surface area contributed by atoms with Crippen LogP contribution >= 0.6 is 0 Å². The lowest BCUT2D eigenvalue weighted by Crippen LogP contribution is -2.54. The topological polar surface area (TPSA) is 98.7 Å². The first-order valence-electron chi connectivity index (χ1n) is 6.17. The molecular weight excluding hydrogens is 250 g/mol. The number of hydrogen-bond acceptors (Lipinski definition) is 6. The molecule has 0 saturated carbocycles. The summed E-state index contributed by atoms with van der Waals surface area (Å²) in [6.07, 6.45) is 0. The summed E-state index contributed by atoms with van der Waals surface area (Å²) in [6.45, 7) is 5.16. The molecule has 0 spiro atoms. The summed E-state index contributed by atoms with van der Waals surface area (Å²) in [5.41, 5.74) is 5.80. The van der Waals surface area contributed by atoms with Crippen LogP contribution in [0, 0.1) is 6.92 Å².